The molecule has 0 spiro atoms. The average molecular weight is 259 g/mol. The first kappa shape index (κ1) is 13.0. The van der Waals surface area contributed by atoms with E-state index < -0.39 is 0 Å². The van der Waals surface area contributed by atoms with Gasteiger partial charge in [0, 0.05) is 11.5 Å². The third kappa shape index (κ3) is 2.06. The number of rotatable bonds is 1. The van der Waals surface area contributed by atoms with Gasteiger partial charge in [0.2, 0.25) is 0 Å². The molecule has 0 heterocycles. The van der Waals surface area contributed by atoms with Crippen molar-refractivity contribution in [2.45, 2.75) is 56.9 Å². The molecule has 3 rings (SSSR count). The zero-order valence-electron chi connectivity index (χ0n) is 12.1. The van der Waals surface area contributed by atoms with Crippen molar-refractivity contribution in [2.75, 3.05) is 7.11 Å². The minimum atomic E-state index is 0.132. The Labute approximate surface area is 116 Å². The second-order valence-electron chi connectivity index (χ2n) is 6.53. The van der Waals surface area contributed by atoms with Crippen molar-refractivity contribution in [3.8, 4) is 5.75 Å². The predicted octanol–water partition coefficient (Wildman–Crippen LogP) is 3.42. The van der Waals surface area contributed by atoms with Gasteiger partial charge in [0.1, 0.15) is 5.75 Å². The molecule has 1 saturated carbocycles. The first-order chi connectivity index (χ1) is 9.15. The Balaban J connectivity index is 2.09. The Kier molecular flexibility index (Phi) is 3.30. The van der Waals surface area contributed by atoms with Crippen LogP contribution < -0.4 is 10.5 Å². The van der Waals surface area contributed by atoms with Crippen molar-refractivity contribution >= 4 is 0 Å². The highest BCUT2D eigenvalue weighted by Crippen LogP contribution is 2.46. The predicted molar refractivity (Wildman–Crippen MR) is 78.6 cm³/mol. The molecule has 0 aliphatic heterocycles. The molecule has 1 aromatic rings. The lowest BCUT2D eigenvalue weighted by Crippen LogP contribution is -2.52. The highest BCUT2D eigenvalue weighted by molar-refractivity contribution is 5.44. The maximum absolute atomic E-state index is 6.65. The monoisotopic (exact) mass is 259 g/mol. The Morgan fingerprint density at radius 2 is 2.11 bits per heavy atom. The minimum absolute atomic E-state index is 0.132. The van der Waals surface area contributed by atoms with Crippen LogP contribution in [0.25, 0.3) is 0 Å². The molecule has 1 fully saturated rings. The van der Waals surface area contributed by atoms with Crippen molar-refractivity contribution in [2.24, 2.45) is 11.7 Å². The molecule has 2 aliphatic carbocycles. The quantitative estimate of drug-likeness (QED) is 0.838. The van der Waals surface area contributed by atoms with Crippen LogP contribution in [0.5, 0.6) is 5.75 Å². The molecule has 3 atom stereocenters. The van der Waals surface area contributed by atoms with E-state index in [-0.39, 0.29) is 5.41 Å². The second kappa shape index (κ2) is 4.82. The van der Waals surface area contributed by atoms with Gasteiger partial charge in [-0.3, -0.25) is 0 Å². The van der Waals surface area contributed by atoms with Crippen molar-refractivity contribution in [1.82, 2.24) is 0 Å². The third-order valence-corrected chi connectivity index (χ3v) is 5.43. The van der Waals surface area contributed by atoms with E-state index in [1.54, 1.807) is 7.11 Å². The normalized spacial score (nSPS) is 34.1. The lowest BCUT2D eigenvalue weighted by Gasteiger charge is -2.47. The molecule has 2 nitrogen and oxygen atoms in total. The Morgan fingerprint density at radius 3 is 2.89 bits per heavy atom. The van der Waals surface area contributed by atoms with Gasteiger partial charge in [-0.05, 0) is 48.4 Å². The van der Waals surface area contributed by atoms with Crippen LogP contribution in [-0.2, 0) is 11.8 Å². The van der Waals surface area contributed by atoms with Crippen LogP contribution in [0.1, 0.15) is 50.2 Å². The summed E-state index contributed by atoms with van der Waals surface area (Å²) in [6.07, 6.45) is 7.66. The first-order valence-electron chi connectivity index (χ1n) is 7.58. The fraction of sp³-hybridized carbons (Fsp3) is 0.647. The fourth-order valence-corrected chi connectivity index (χ4v) is 4.16. The molecule has 104 valence electrons. The summed E-state index contributed by atoms with van der Waals surface area (Å²) in [5.74, 6) is 1.62. The number of benzene rings is 1. The first-order valence-corrected chi connectivity index (χ1v) is 7.58. The van der Waals surface area contributed by atoms with E-state index in [0.717, 1.165) is 12.2 Å². The van der Waals surface area contributed by atoms with E-state index in [2.05, 4.69) is 25.1 Å². The van der Waals surface area contributed by atoms with Crippen LogP contribution in [0, 0.1) is 5.92 Å². The van der Waals surface area contributed by atoms with Gasteiger partial charge in [-0.15, -0.1) is 0 Å². The molecule has 2 N–H and O–H groups in total. The van der Waals surface area contributed by atoms with Gasteiger partial charge < -0.3 is 10.5 Å². The third-order valence-electron chi connectivity index (χ3n) is 5.43. The number of hydrogen-bond donors (Lipinski definition) is 1. The van der Waals surface area contributed by atoms with Gasteiger partial charge in [0.05, 0.1) is 7.11 Å². The van der Waals surface area contributed by atoms with Crippen molar-refractivity contribution in [3.05, 3.63) is 29.3 Å². The molecule has 0 unspecified atom stereocenters. The summed E-state index contributed by atoms with van der Waals surface area (Å²) in [6, 6.07) is 6.88. The van der Waals surface area contributed by atoms with Crippen LogP contribution in [0.2, 0.25) is 0 Å². The summed E-state index contributed by atoms with van der Waals surface area (Å²) in [7, 11) is 1.74. The van der Waals surface area contributed by atoms with Gasteiger partial charge in [-0.2, -0.15) is 0 Å². The van der Waals surface area contributed by atoms with E-state index in [1.807, 2.05) is 0 Å². The molecular formula is C17H25NO. The minimum Gasteiger partial charge on any atom is -0.497 e. The summed E-state index contributed by atoms with van der Waals surface area (Å²) in [5.41, 5.74) is 9.72. The summed E-state index contributed by atoms with van der Waals surface area (Å²) < 4.78 is 5.41. The maximum atomic E-state index is 6.65. The second-order valence-corrected chi connectivity index (χ2v) is 6.53. The number of nitrogens with two attached hydrogens (primary N) is 1. The van der Waals surface area contributed by atoms with Gasteiger partial charge in [-0.1, -0.05) is 32.3 Å². The summed E-state index contributed by atoms with van der Waals surface area (Å²) in [4.78, 5) is 0. The zero-order chi connectivity index (χ0) is 13.5. The molecule has 0 saturated heterocycles. The van der Waals surface area contributed by atoms with Gasteiger partial charge in [-0.25, -0.2) is 0 Å². The zero-order valence-corrected chi connectivity index (χ0v) is 12.1. The van der Waals surface area contributed by atoms with Crippen LogP contribution in [-0.4, -0.2) is 13.2 Å². The van der Waals surface area contributed by atoms with E-state index in [9.17, 15) is 0 Å². The Hall–Kier alpha value is -1.02. The van der Waals surface area contributed by atoms with E-state index >= 15 is 0 Å². The number of hydrogen-bond acceptors (Lipinski definition) is 2. The molecule has 19 heavy (non-hydrogen) atoms. The summed E-state index contributed by atoms with van der Waals surface area (Å²) in [6.45, 7) is 2.37. The lowest BCUT2D eigenvalue weighted by molar-refractivity contribution is 0.201. The number of fused-ring (bicyclic) bond motifs is 4. The highest BCUT2D eigenvalue weighted by Gasteiger charge is 2.43. The standard InChI is InChI=1S/C17H25NO/c1-17-9-5-3-4-6-13(16(17)18)10-12-7-8-14(19-2)11-15(12)17/h7-8,11,13,16H,3-6,9-10,18H2,1-2H3/t13-,16-,17+/m0/s1. The average Bonchev–Trinajstić information content (AvgIpc) is 2.43. The maximum Gasteiger partial charge on any atom is 0.119 e. The van der Waals surface area contributed by atoms with Crippen LogP contribution in [0.15, 0.2) is 18.2 Å². The molecule has 2 aliphatic rings. The highest BCUT2D eigenvalue weighted by atomic mass is 16.5. The molecule has 0 radical (unpaired) electrons. The number of methoxy groups -OCH3 is 1. The smallest absolute Gasteiger partial charge is 0.119 e. The van der Waals surface area contributed by atoms with Crippen molar-refractivity contribution in [1.29, 1.82) is 0 Å². The van der Waals surface area contributed by atoms with Crippen LogP contribution >= 0.6 is 0 Å². The van der Waals surface area contributed by atoms with Crippen LogP contribution in [0.3, 0.4) is 0 Å². The van der Waals surface area contributed by atoms with E-state index in [0.29, 0.717) is 12.0 Å². The molecule has 1 aromatic carbocycles. The van der Waals surface area contributed by atoms with E-state index in [4.69, 9.17) is 10.5 Å². The van der Waals surface area contributed by atoms with E-state index in [1.165, 1.54) is 43.2 Å². The fourth-order valence-electron chi connectivity index (χ4n) is 4.16. The topological polar surface area (TPSA) is 35.2 Å². The van der Waals surface area contributed by atoms with Crippen molar-refractivity contribution in [3.63, 3.8) is 0 Å². The lowest BCUT2D eigenvalue weighted by atomic mass is 9.60. The molecule has 0 aromatic heterocycles. The van der Waals surface area contributed by atoms with Gasteiger partial charge in [0.15, 0.2) is 0 Å². The van der Waals surface area contributed by atoms with Gasteiger partial charge >= 0.3 is 0 Å². The molecule has 2 heteroatoms. The van der Waals surface area contributed by atoms with Gasteiger partial charge in [0.25, 0.3) is 0 Å². The Morgan fingerprint density at radius 1 is 1.26 bits per heavy atom. The molecular weight excluding hydrogens is 234 g/mol. The Bertz CT molecular complexity index is 470. The summed E-state index contributed by atoms with van der Waals surface area (Å²) in [5, 5.41) is 0. The largest absolute Gasteiger partial charge is 0.497 e. The molecule has 0 amide bonds. The van der Waals surface area contributed by atoms with Crippen molar-refractivity contribution < 1.29 is 4.74 Å². The summed E-state index contributed by atoms with van der Waals surface area (Å²) >= 11 is 0. The number of ether oxygens (including phenoxy) is 1. The molecule has 2 bridgehead atoms. The SMILES string of the molecule is COc1ccc2c(c1)[C@@]1(C)CCCCC[C@@H](C2)[C@@H]1N. The van der Waals surface area contributed by atoms with Crippen LogP contribution in [0.4, 0.5) is 0 Å².